The second kappa shape index (κ2) is 5.87. The van der Waals surface area contributed by atoms with E-state index in [0.717, 1.165) is 18.9 Å². The minimum Gasteiger partial charge on any atom is -0.317 e. The van der Waals surface area contributed by atoms with E-state index in [1.807, 2.05) is 7.05 Å². The molecule has 1 aliphatic rings. The molecular formula is C12H16BrFN2O2S. The molecule has 0 radical (unpaired) electrons. The predicted octanol–water partition coefficient (Wildman–Crippen LogP) is 1.96. The number of hydrogen-bond donors (Lipinski definition) is 1. The Bertz CT molecular complexity index is 557. The largest absolute Gasteiger partial charge is 0.317 e. The molecule has 0 aromatic heterocycles. The van der Waals surface area contributed by atoms with Gasteiger partial charge in [0.15, 0.2) is 0 Å². The molecule has 1 saturated heterocycles. The van der Waals surface area contributed by atoms with Gasteiger partial charge < -0.3 is 5.32 Å². The predicted molar refractivity (Wildman–Crippen MR) is 74.9 cm³/mol. The Hall–Kier alpha value is -0.500. The average molecular weight is 351 g/mol. The van der Waals surface area contributed by atoms with Crippen LogP contribution in [0.25, 0.3) is 0 Å². The highest BCUT2D eigenvalue weighted by atomic mass is 79.9. The van der Waals surface area contributed by atoms with E-state index in [1.54, 1.807) is 0 Å². The van der Waals surface area contributed by atoms with Crippen molar-refractivity contribution >= 4 is 26.0 Å². The van der Waals surface area contributed by atoms with Crippen molar-refractivity contribution in [3.63, 3.8) is 0 Å². The maximum absolute atomic E-state index is 13.5. The van der Waals surface area contributed by atoms with Crippen molar-refractivity contribution in [2.75, 3.05) is 20.1 Å². The summed E-state index contributed by atoms with van der Waals surface area (Å²) in [5.41, 5.74) is 0. The van der Waals surface area contributed by atoms with E-state index in [2.05, 4.69) is 21.2 Å². The van der Waals surface area contributed by atoms with Gasteiger partial charge in [-0.3, -0.25) is 0 Å². The molecular weight excluding hydrogens is 335 g/mol. The number of hydrogen-bond acceptors (Lipinski definition) is 3. The molecule has 7 heteroatoms. The SMILES string of the molecule is CNC1CCN(S(=O)(=O)c2ccc(Br)c(F)c2)CC1. The summed E-state index contributed by atoms with van der Waals surface area (Å²) in [4.78, 5) is 0.0103. The van der Waals surface area contributed by atoms with Gasteiger partial charge in [0, 0.05) is 19.1 Å². The summed E-state index contributed by atoms with van der Waals surface area (Å²) in [6.07, 6.45) is 1.55. The fourth-order valence-corrected chi connectivity index (χ4v) is 3.90. The van der Waals surface area contributed by atoms with Crippen LogP contribution in [0.3, 0.4) is 0 Å². The lowest BCUT2D eigenvalue weighted by Gasteiger charge is -2.31. The van der Waals surface area contributed by atoms with Crippen LogP contribution in [0.1, 0.15) is 12.8 Å². The van der Waals surface area contributed by atoms with Gasteiger partial charge in [0.1, 0.15) is 5.82 Å². The number of halogens is 2. The topological polar surface area (TPSA) is 49.4 Å². The van der Waals surface area contributed by atoms with E-state index in [9.17, 15) is 12.8 Å². The summed E-state index contributed by atoms with van der Waals surface area (Å²) in [6.45, 7) is 0.928. The molecule has 0 spiro atoms. The minimum absolute atomic E-state index is 0.0103. The van der Waals surface area contributed by atoms with Gasteiger partial charge in [-0.2, -0.15) is 4.31 Å². The van der Waals surface area contributed by atoms with Crippen LogP contribution >= 0.6 is 15.9 Å². The summed E-state index contributed by atoms with van der Waals surface area (Å²) in [5.74, 6) is -0.564. The van der Waals surface area contributed by atoms with Gasteiger partial charge >= 0.3 is 0 Å². The van der Waals surface area contributed by atoms with Gasteiger partial charge in [-0.25, -0.2) is 12.8 Å². The Morgan fingerprint density at radius 3 is 2.53 bits per heavy atom. The second-order valence-corrected chi connectivity index (χ2v) is 7.34. The van der Waals surface area contributed by atoms with Crippen LogP contribution in [0.5, 0.6) is 0 Å². The first kappa shape index (κ1) is 14.9. The molecule has 4 nitrogen and oxygen atoms in total. The van der Waals surface area contributed by atoms with Crippen LogP contribution in [-0.4, -0.2) is 38.9 Å². The van der Waals surface area contributed by atoms with Crippen LogP contribution in [0.15, 0.2) is 27.6 Å². The number of sulfonamides is 1. The second-order valence-electron chi connectivity index (χ2n) is 4.54. The van der Waals surface area contributed by atoms with Gasteiger partial charge in [0.2, 0.25) is 10.0 Å². The van der Waals surface area contributed by atoms with Crippen molar-refractivity contribution in [1.82, 2.24) is 9.62 Å². The molecule has 2 rings (SSSR count). The summed E-state index contributed by atoms with van der Waals surface area (Å²) < 4.78 is 39.9. The van der Waals surface area contributed by atoms with Crippen LogP contribution in [0.4, 0.5) is 4.39 Å². The summed E-state index contributed by atoms with van der Waals surface area (Å²) in [6, 6.07) is 4.26. The highest BCUT2D eigenvalue weighted by molar-refractivity contribution is 9.10. The highest BCUT2D eigenvalue weighted by Gasteiger charge is 2.29. The van der Waals surface area contributed by atoms with Crippen LogP contribution in [-0.2, 0) is 10.0 Å². The maximum Gasteiger partial charge on any atom is 0.243 e. The highest BCUT2D eigenvalue weighted by Crippen LogP contribution is 2.24. The Balaban J connectivity index is 2.21. The molecule has 1 N–H and O–H groups in total. The first-order chi connectivity index (χ1) is 8.95. The zero-order valence-corrected chi connectivity index (χ0v) is 13.0. The number of nitrogens with zero attached hydrogens (tertiary/aromatic N) is 1. The fourth-order valence-electron chi connectivity index (χ4n) is 2.17. The Kier molecular flexibility index (Phi) is 4.60. The average Bonchev–Trinajstić information content (AvgIpc) is 2.41. The molecule has 1 aromatic carbocycles. The molecule has 19 heavy (non-hydrogen) atoms. The van der Waals surface area contributed by atoms with E-state index < -0.39 is 15.8 Å². The molecule has 106 valence electrons. The summed E-state index contributed by atoms with van der Waals surface area (Å²) >= 11 is 3.02. The molecule has 1 aliphatic heterocycles. The number of nitrogens with one attached hydrogen (secondary N) is 1. The van der Waals surface area contributed by atoms with Gasteiger partial charge in [0.05, 0.1) is 9.37 Å². The summed E-state index contributed by atoms with van der Waals surface area (Å²) in [5, 5.41) is 3.14. The van der Waals surface area contributed by atoms with Crippen molar-refractivity contribution in [3.05, 3.63) is 28.5 Å². The summed E-state index contributed by atoms with van der Waals surface area (Å²) in [7, 11) is -1.71. The number of benzene rings is 1. The first-order valence-electron chi connectivity index (χ1n) is 6.07. The molecule has 0 bridgehead atoms. The van der Waals surface area contributed by atoms with Crippen molar-refractivity contribution in [1.29, 1.82) is 0 Å². The minimum atomic E-state index is -3.59. The van der Waals surface area contributed by atoms with Gasteiger partial charge in [0.25, 0.3) is 0 Å². The third-order valence-electron chi connectivity index (χ3n) is 3.39. The molecule has 1 aromatic rings. The van der Waals surface area contributed by atoms with Crippen LogP contribution in [0.2, 0.25) is 0 Å². The van der Waals surface area contributed by atoms with Gasteiger partial charge in [-0.05, 0) is 54.0 Å². The smallest absolute Gasteiger partial charge is 0.243 e. The van der Waals surface area contributed by atoms with E-state index in [-0.39, 0.29) is 9.37 Å². The van der Waals surface area contributed by atoms with Crippen molar-refractivity contribution in [2.24, 2.45) is 0 Å². The molecule has 0 atom stereocenters. The Morgan fingerprint density at radius 1 is 1.37 bits per heavy atom. The molecule has 0 amide bonds. The first-order valence-corrected chi connectivity index (χ1v) is 8.31. The zero-order valence-electron chi connectivity index (χ0n) is 10.6. The fraction of sp³-hybridized carbons (Fsp3) is 0.500. The van der Waals surface area contributed by atoms with E-state index in [1.165, 1.54) is 16.4 Å². The molecule has 0 unspecified atom stereocenters. The molecule has 0 saturated carbocycles. The number of rotatable bonds is 3. The lowest BCUT2D eigenvalue weighted by Crippen LogP contribution is -2.43. The number of piperidine rings is 1. The Morgan fingerprint density at radius 2 is 2.00 bits per heavy atom. The van der Waals surface area contributed by atoms with Crippen LogP contribution < -0.4 is 5.32 Å². The zero-order chi connectivity index (χ0) is 14.0. The van der Waals surface area contributed by atoms with Gasteiger partial charge in [-0.1, -0.05) is 0 Å². The maximum atomic E-state index is 13.5. The Labute approximate surface area is 121 Å². The quantitative estimate of drug-likeness (QED) is 0.906. The third kappa shape index (κ3) is 3.16. The molecule has 1 fully saturated rings. The third-order valence-corrected chi connectivity index (χ3v) is 5.93. The van der Waals surface area contributed by atoms with Gasteiger partial charge in [-0.15, -0.1) is 0 Å². The lowest BCUT2D eigenvalue weighted by atomic mass is 10.1. The van der Waals surface area contributed by atoms with Crippen molar-refractivity contribution in [3.8, 4) is 0 Å². The standard InChI is InChI=1S/C12H16BrFN2O2S/c1-15-9-4-6-16(7-5-9)19(17,18)10-2-3-11(13)12(14)8-10/h2-3,8-9,15H,4-7H2,1H3. The van der Waals surface area contributed by atoms with Crippen molar-refractivity contribution in [2.45, 2.75) is 23.8 Å². The van der Waals surface area contributed by atoms with Crippen LogP contribution in [0, 0.1) is 5.82 Å². The van der Waals surface area contributed by atoms with E-state index in [4.69, 9.17) is 0 Å². The van der Waals surface area contributed by atoms with Crippen molar-refractivity contribution < 1.29 is 12.8 Å². The van der Waals surface area contributed by atoms with E-state index >= 15 is 0 Å². The monoisotopic (exact) mass is 350 g/mol. The molecule has 1 heterocycles. The normalized spacial score (nSPS) is 18.7. The van der Waals surface area contributed by atoms with E-state index in [0.29, 0.717) is 19.1 Å². The molecule has 0 aliphatic carbocycles. The lowest BCUT2D eigenvalue weighted by molar-refractivity contribution is 0.298.